The van der Waals surface area contributed by atoms with E-state index in [4.69, 9.17) is 42.1 Å². The molecule has 0 unspecified atom stereocenters. The van der Waals surface area contributed by atoms with Gasteiger partial charge in [0.2, 0.25) is 5.75 Å². The molecule has 0 fully saturated rings. The number of anilines is 1. The van der Waals surface area contributed by atoms with E-state index in [1.807, 2.05) is 0 Å². The summed E-state index contributed by atoms with van der Waals surface area (Å²) in [5.41, 5.74) is 0.410. The molecule has 28 heavy (non-hydrogen) atoms. The van der Waals surface area contributed by atoms with Crippen LogP contribution < -0.4 is 19.5 Å². The largest absolute Gasteiger partial charge is 0.493 e. The van der Waals surface area contributed by atoms with Gasteiger partial charge in [0.25, 0.3) is 5.91 Å². The van der Waals surface area contributed by atoms with Gasteiger partial charge < -0.3 is 24.3 Å². The van der Waals surface area contributed by atoms with Crippen molar-refractivity contribution in [1.29, 1.82) is 0 Å². The second kappa shape index (κ2) is 9.86. The summed E-state index contributed by atoms with van der Waals surface area (Å²) < 4.78 is 21.1. The number of nitrogens with one attached hydrogen (secondary N) is 1. The van der Waals surface area contributed by atoms with Gasteiger partial charge in [-0.1, -0.05) is 29.3 Å². The molecule has 2 aromatic rings. The highest BCUT2D eigenvalue weighted by Crippen LogP contribution is 2.44. The number of esters is 1. The molecule has 0 spiro atoms. The van der Waals surface area contributed by atoms with Crippen LogP contribution >= 0.6 is 39.1 Å². The molecule has 10 heteroatoms. The van der Waals surface area contributed by atoms with Crippen molar-refractivity contribution in [2.24, 2.45) is 0 Å². The van der Waals surface area contributed by atoms with Crippen molar-refractivity contribution in [1.82, 2.24) is 0 Å². The third kappa shape index (κ3) is 4.81. The van der Waals surface area contributed by atoms with Crippen LogP contribution in [-0.2, 0) is 9.53 Å². The standard InChI is InChI=1S/C18H16BrCl2NO6/c1-25-12-7-9(14(19)17(27-3)16(12)26-2)18(24)28-8-13(23)22-11-6-4-5-10(20)15(11)21/h4-7H,8H2,1-3H3,(H,22,23). The Kier molecular flexibility index (Phi) is 7.79. The third-order valence-corrected chi connectivity index (χ3v) is 5.16. The molecular weight excluding hydrogens is 477 g/mol. The topological polar surface area (TPSA) is 83.1 Å². The zero-order chi connectivity index (χ0) is 20.8. The lowest BCUT2D eigenvalue weighted by molar-refractivity contribution is -0.119. The number of amides is 1. The number of ether oxygens (including phenoxy) is 4. The maximum Gasteiger partial charge on any atom is 0.340 e. The highest BCUT2D eigenvalue weighted by molar-refractivity contribution is 9.10. The van der Waals surface area contributed by atoms with Crippen LogP contribution in [0, 0.1) is 0 Å². The fraction of sp³-hybridized carbons (Fsp3) is 0.222. The van der Waals surface area contributed by atoms with E-state index >= 15 is 0 Å². The molecule has 7 nitrogen and oxygen atoms in total. The number of hydrogen-bond donors (Lipinski definition) is 1. The summed E-state index contributed by atoms with van der Waals surface area (Å²) in [6.07, 6.45) is 0. The molecule has 2 rings (SSSR count). The molecule has 1 amide bonds. The fourth-order valence-corrected chi connectivity index (χ4v) is 3.23. The smallest absolute Gasteiger partial charge is 0.340 e. The summed E-state index contributed by atoms with van der Waals surface area (Å²) in [6.45, 7) is -0.537. The summed E-state index contributed by atoms with van der Waals surface area (Å²) in [5, 5.41) is 3.00. The molecular formula is C18H16BrCl2NO6. The summed E-state index contributed by atoms with van der Waals surface area (Å²) in [4.78, 5) is 24.5. The molecule has 1 N–H and O–H groups in total. The van der Waals surface area contributed by atoms with Gasteiger partial charge in [0.1, 0.15) is 0 Å². The van der Waals surface area contributed by atoms with E-state index in [9.17, 15) is 9.59 Å². The van der Waals surface area contributed by atoms with E-state index in [2.05, 4.69) is 21.2 Å². The number of halogens is 3. The first-order chi connectivity index (χ1) is 13.3. The maximum absolute atomic E-state index is 12.4. The van der Waals surface area contributed by atoms with Crippen molar-refractivity contribution >= 4 is 56.7 Å². The monoisotopic (exact) mass is 491 g/mol. The van der Waals surface area contributed by atoms with Gasteiger partial charge in [0, 0.05) is 0 Å². The van der Waals surface area contributed by atoms with Gasteiger partial charge in [-0.2, -0.15) is 0 Å². The van der Waals surface area contributed by atoms with Crippen LogP contribution in [-0.4, -0.2) is 39.8 Å². The molecule has 0 saturated carbocycles. The SMILES string of the molecule is COc1cc(C(=O)OCC(=O)Nc2cccc(Cl)c2Cl)c(Br)c(OC)c1OC. The highest BCUT2D eigenvalue weighted by Gasteiger charge is 2.24. The van der Waals surface area contributed by atoms with Crippen LogP contribution in [0.2, 0.25) is 10.0 Å². The minimum absolute atomic E-state index is 0.100. The Balaban J connectivity index is 2.14. The quantitative estimate of drug-likeness (QED) is 0.569. The van der Waals surface area contributed by atoms with Crippen molar-refractivity contribution in [2.45, 2.75) is 0 Å². The van der Waals surface area contributed by atoms with E-state index in [0.717, 1.165) is 0 Å². The lowest BCUT2D eigenvalue weighted by Gasteiger charge is -2.16. The van der Waals surface area contributed by atoms with Crippen molar-refractivity contribution < 1.29 is 28.5 Å². The number of benzene rings is 2. The van der Waals surface area contributed by atoms with Gasteiger partial charge in [-0.3, -0.25) is 4.79 Å². The van der Waals surface area contributed by atoms with Crippen LogP contribution in [0.3, 0.4) is 0 Å². The average Bonchev–Trinajstić information content (AvgIpc) is 2.69. The number of carbonyl (C=O) groups excluding carboxylic acids is 2. The molecule has 0 aliphatic heterocycles. The Bertz CT molecular complexity index is 906. The summed E-state index contributed by atoms with van der Waals surface area (Å²) in [6, 6.07) is 6.20. The van der Waals surface area contributed by atoms with Gasteiger partial charge in [-0.15, -0.1) is 0 Å². The van der Waals surface area contributed by atoms with E-state index < -0.39 is 18.5 Å². The van der Waals surface area contributed by atoms with Crippen LogP contribution in [0.15, 0.2) is 28.7 Å². The van der Waals surface area contributed by atoms with E-state index in [0.29, 0.717) is 15.9 Å². The van der Waals surface area contributed by atoms with Crippen LogP contribution in [0.25, 0.3) is 0 Å². The van der Waals surface area contributed by atoms with Crippen molar-refractivity contribution in [3.8, 4) is 17.2 Å². The molecule has 0 aromatic heterocycles. The number of hydrogen-bond acceptors (Lipinski definition) is 6. The molecule has 0 aliphatic rings. The van der Waals surface area contributed by atoms with Gasteiger partial charge in [-0.25, -0.2) is 4.79 Å². The summed E-state index contributed by atoms with van der Waals surface area (Å²) >= 11 is 15.2. The zero-order valence-corrected chi connectivity index (χ0v) is 18.2. The summed E-state index contributed by atoms with van der Waals surface area (Å²) in [5.74, 6) is -0.519. The minimum Gasteiger partial charge on any atom is -0.493 e. The van der Waals surface area contributed by atoms with Crippen LogP contribution in [0.4, 0.5) is 5.69 Å². The van der Waals surface area contributed by atoms with Crippen molar-refractivity contribution in [3.63, 3.8) is 0 Å². The Morgan fingerprint density at radius 1 is 1.07 bits per heavy atom. The predicted octanol–water partition coefficient (Wildman–Crippen LogP) is 4.58. The average molecular weight is 493 g/mol. The Labute approximate surface area is 179 Å². The first kappa shape index (κ1) is 22.1. The van der Waals surface area contributed by atoms with Gasteiger partial charge in [-0.05, 0) is 34.1 Å². The second-order valence-electron chi connectivity index (χ2n) is 5.23. The number of rotatable bonds is 7. The second-order valence-corrected chi connectivity index (χ2v) is 6.81. The molecule has 0 bridgehead atoms. The lowest BCUT2D eigenvalue weighted by atomic mass is 10.2. The van der Waals surface area contributed by atoms with Gasteiger partial charge in [0.05, 0.1) is 47.1 Å². The minimum atomic E-state index is -0.765. The molecule has 0 aliphatic carbocycles. The maximum atomic E-state index is 12.4. The Morgan fingerprint density at radius 2 is 1.75 bits per heavy atom. The van der Waals surface area contributed by atoms with Crippen molar-refractivity contribution in [3.05, 3.63) is 44.3 Å². The van der Waals surface area contributed by atoms with Crippen molar-refractivity contribution in [2.75, 3.05) is 33.3 Å². The van der Waals surface area contributed by atoms with E-state index in [-0.39, 0.29) is 27.1 Å². The number of methoxy groups -OCH3 is 3. The molecule has 0 saturated heterocycles. The Morgan fingerprint density at radius 3 is 2.36 bits per heavy atom. The van der Waals surface area contributed by atoms with E-state index in [1.54, 1.807) is 18.2 Å². The fourth-order valence-electron chi connectivity index (χ4n) is 2.27. The van der Waals surface area contributed by atoms with E-state index in [1.165, 1.54) is 27.4 Å². The molecule has 0 radical (unpaired) electrons. The highest BCUT2D eigenvalue weighted by atomic mass is 79.9. The third-order valence-electron chi connectivity index (χ3n) is 3.55. The number of carbonyl (C=O) groups is 2. The lowest BCUT2D eigenvalue weighted by Crippen LogP contribution is -2.21. The normalized spacial score (nSPS) is 10.2. The van der Waals surface area contributed by atoms with Gasteiger partial charge >= 0.3 is 5.97 Å². The zero-order valence-electron chi connectivity index (χ0n) is 15.1. The summed E-state index contributed by atoms with van der Waals surface area (Å²) in [7, 11) is 4.28. The molecule has 0 atom stereocenters. The van der Waals surface area contributed by atoms with Gasteiger partial charge in [0.15, 0.2) is 18.1 Å². The molecule has 0 heterocycles. The molecule has 2 aromatic carbocycles. The van der Waals surface area contributed by atoms with Crippen LogP contribution in [0.1, 0.15) is 10.4 Å². The van der Waals surface area contributed by atoms with Crippen LogP contribution in [0.5, 0.6) is 17.2 Å². The first-order valence-electron chi connectivity index (χ1n) is 7.73. The molecule has 150 valence electrons. The Hall–Kier alpha value is -2.16. The first-order valence-corrected chi connectivity index (χ1v) is 9.28. The predicted molar refractivity (Wildman–Crippen MR) is 109 cm³/mol.